The molecule has 1 aliphatic rings. The second-order valence-electron chi connectivity index (χ2n) is 8.13. The summed E-state index contributed by atoms with van der Waals surface area (Å²) in [5, 5.41) is 8.27. The van der Waals surface area contributed by atoms with E-state index in [1.54, 1.807) is 29.7 Å². The van der Waals surface area contributed by atoms with E-state index in [-0.39, 0.29) is 0 Å². The summed E-state index contributed by atoms with van der Waals surface area (Å²) in [4.78, 5) is 6.94. The molecule has 8 nitrogen and oxygen atoms in total. The number of hydrogen-bond donors (Lipinski definition) is 1. The van der Waals surface area contributed by atoms with Crippen LogP contribution in [0, 0.1) is 0 Å². The van der Waals surface area contributed by atoms with Crippen LogP contribution in [0.2, 0.25) is 0 Å². The Morgan fingerprint density at radius 3 is 2.42 bits per heavy atom. The van der Waals surface area contributed by atoms with Gasteiger partial charge in [0.05, 0.1) is 17.7 Å². The Balaban J connectivity index is 1.47. The van der Waals surface area contributed by atoms with Gasteiger partial charge >= 0.3 is 0 Å². The monoisotopic (exact) mass is 463 g/mol. The summed E-state index contributed by atoms with van der Waals surface area (Å²) in [5.41, 5.74) is 4.09. The Hall–Kier alpha value is -3.27. The van der Waals surface area contributed by atoms with Crippen LogP contribution in [-0.2, 0) is 10.0 Å². The number of H-pyrrole nitrogens is 1. The molecule has 0 aliphatic carbocycles. The van der Waals surface area contributed by atoms with Crippen LogP contribution in [0.4, 0.5) is 0 Å². The van der Waals surface area contributed by atoms with Gasteiger partial charge in [0.15, 0.2) is 5.65 Å². The van der Waals surface area contributed by atoms with Crippen LogP contribution in [-0.4, -0.2) is 73.1 Å². The number of methoxy groups -OCH3 is 1. The number of piperazine rings is 1. The minimum absolute atomic E-state index is 0.308. The van der Waals surface area contributed by atoms with E-state index in [1.807, 2.05) is 49.5 Å². The molecule has 9 heteroatoms. The number of sulfonamides is 1. The first-order valence-corrected chi connectivity index (χ1v) is 12.2. The molecule has 1 aliphatic heterocycles. The number of aromatic amines is 1. The average Bonchev–Trinajstić information content (AvgIpc) is 3.27. The zero-order chi connectivity index (χ0) is 23.0. The molecule has 0 radical (unpaired) electrons. The predicted molar refractivity (Wildman–Crippen MR) is 128 cm³/mol. The molecule has 4 aromatic rings. The van der Waals surface area contributed by atoms with Gasteiger partial charge in [0, 0.05) is 48.9 Å². The Morgan fingerprint density at radius 2 is 1.70 bits per heavy atom. The summed E-state index contributed by atoms with van der Waals surface area (Å²) < 4.78 is 33.1. The van der Waals surface area contributed by atoms with Crippen LogP contribution in [0.25, 0.3) is 33.4 Å². The van der Waals surface area contributed by atoms with E-state index >= 15 is 0 Å². The summed E-state index contributed by atoms with van der Waals surface area (Å²) in [5.74, 6) is 0.743. The number of nitrogens with zero attached hydrogens (tertiary/aromatic N) is 4. The molecule has 1 N–H and O–H groups in total. The smallest absolute Gasteiger partial charge is 0.243 e. The fraction of sp³-hybridized carbons (Fsp3) is 0.250. The number of hydrogen-bond acceptors (Lipinski definition) is 6. The fourth-order valence-electron chi connectivity index (χ4n) is 4.11. The van der Waals surface area contributed by atoms with Crippen LogP contribution in [0.5, 0.6) is 5.75 Å². The molecule has 0 amide bonds. The lowest BCUT2D eigenvalue weighted by Gasteiger charge is -2.31. The molecule has 2 aromatic carbocycles. The van der Waals surface area contributed by atoms with Crippen molar-refractivity contribution in [2.45, 2.75) is 4.90 Å². The van der Waals surface area contributed by atoms with Crippen molar-refractivity contribution >= 4 is 21.1 Å². The normalized spacial score (nSPS) is 15.7. The molecule has 170 valence electrons. The van der Waals surface area contributed by atoms with Gasteiger partial charge < -0.3 is 9.64 Å². The highest BCUT2D eigenvalue weighted by atomic mass is 32.2. The molecule has 5 rings (SSSR count). The van der Waals surface area contributed by atoms with E-state index in [0.717, 1.165) is 46.6 Å². The van der Waals surface area contributed by atoms with E-state index in [2.05, 4.69) is 20.1 Å². The molecule has 0 atom stereocenters. The Morgan fingerprint density at radius 1 is 0.970 bits per heavy atom. The number of nitrogens with one attached hydrogen (secondary N) is 1. The Kier molecular flexibility index (Phi) is 5.61. The molecule has 3 heterocycles. The molecule has 0 saturated carbocycles. The molecule has 2 aromatic heterocycles. The SMILES string of the molecule is COc1ccccc1-c1[nH]nc2ncc(-c3ccc(S(=O)(=O)N4CCN(C)CC4)cc3)cc12. The number of para-hydroxylation sites is 1. The zero-order valence-corrected chi connectivity index (χ0v) is 19.3. The number of likely N-dealkylation sites (N-methyl/N-ethyl adjacent to an activating group) is 1. The van der Waals surface area contributed by atoms with E-state index < -0.39 is 10.0 Å². The minimum Gasteiger partial charge on any atom is -0.496 e. The molecule has 0 unspecified atom stereocenters. The third-order valence-corrected chi connectivity index (χ3v) is 7.99. The number of fused-ring (bicyclic) bond motifs is 1. The molecule has 1 saturated heterocycles. The number of ether oxygens (including phenoxy) is 1. The van der Waals surface area contributed by atoms with Gasteiger partial charge in [0.25, 0.3) is 0 Å². The van der Waals surface area contributed by atoms with Crippen molar-refractivity contribution in [2.75, 3.05) is 40.3 Å². The van der Waals surface area contributed by atoms with Crippen LogP contribution < -0.4 is 4.74 Å². The minimum atomic E-state index is -3.50. The number of pyridine rings is 1. The summed E-state index contributed by atoms with van der Waals surface area (Å²) >= 11 is 0. The van der Waals surface area contributed by atoms with Crippen LogP contribution in [0.3, 0.4) is 0 Å². The zero-order valence-electron chi connectivity index (χ0n) is 18.5. The predicted octanol–water partition coefficient (Wildman–Crippen LogP) is 3.24. The fourth-order valence-corrected chi connectivity index (χ4v) is 5.53. The second kappa shape index (κ2) is 8.58. The van der Waals surface area contributed by atoms with E-state index in [1.165, 1.54) is 0 Å². The lowest BCUT2D eigenvalue weighted by atomic mass is 10.0. The average molecular weight is 464 g/mol. The van der Waals surface area contributed by atoms with Gasteiger partial charge in [0.2, 0.25) is 10.0 Å². The summed E-state index contributed by atoms with van der Waals surface area (Å²) in [6.45, 7) is 2.49. The summed E-state index contributed by atoms with van der Waals surface area (Å²) in [7, 11) is 0.142. The largest absolute Gasteiger partial charge is 0.496 e. The molecule has 1 fully saturated rings. The maximum Gasteiger partial charge on any atom is 0.243 e. The van der Waals surface area contributed by atoms with Gasteiger partial charge in [-0.25, -0.2) is 13.4 Å². The topological polar surface area (TPSA) is 91.4 Å². The third kappa shape index (κ3) is 3.99. The molecule has 0 bridgehead atoms. The van der Waals surface area contributed by atoms with Gasteiger partial charge in [0.1, 0.15) is 5.75 Å². The highest BCUT2D eigenvalue weighted by Crippen LogP contribution is 2.34. The van der Waals surface area contributed by atoms with Crippen LogP contribution >= 0.6 is 0 Å². The van der Waals surface area contributed by atoms with E-state index in [9.17, 15) is 8.42 Å². The Bertz CT molecular complexity index is 1390. The summed E-state index contributed by atoms with van der Waals surface area (Å²) in [6.07, 6.45) is 1.75. The number of benzene rings is 2. The van der Waals surface area contributed by atoms with Crippen molar-refractivity contribution < 1.29 is 13.2 Å². The van der Waals surface area contributed by atoms with Gasteiger partial charge in [-0.1, -0.05) is 24.3 Å². The maximum absolute atomic E-state index is 13.0. The third-order valence-electron chi connectivity index (χ3n) is 6.07. The van der Waals surface area contributed by atoms with Gasteiger partial charge in [-0.15, -0.1) is 0 Å². The lowest BCUT2D eigenvalue weighted by Crippen LogP contribution is -2.46. The van der Waals surface area contributed by atoms with Crippen molar-refractivity contribution in [3.05, 3.63) is 60.8 Å². The van der Waals surface area contributed by atoms with Gasteiger partial charge in [-0.05, 0) is 42.9 Å². The first-order valence-electron chi connectivity index (χ1n) is 10.7. The quantitative estimate of drug-likeness (QED) is 0.489. The maximum atomic E-state index is 13.0. The second-order valence-corrected chi connectivity index (χ2v) is 10.1. The molecular weight excluding hydrogens is 438 g/mol. The first kappa shape index (κ1) is 21.6. The van der Waals surface area contributed by atoms with Crippen molar-refractivity contribution in [1.82, 2.24) is 24.4 Å². The van der Waals surface area contributed by atoms with Crippen molar-refractivity contribution in [1.29, 1.82) is 0 Å². The summed E-state index contributed by atoms with van der Waals surface area (Å²) in [6, 6.07) is 16.7. The first-order chi connectivity index (χ1) is 16.0. The number of aromatic nitrogens is 3. The number of rotatable bonds is 5. The standard InChI is InChI=1S/C24H25N5O3S/c1-28-11-13-29(14-12-28)33(30,31)19-9-7-17(8-10-19)18-15-21-23(26-27-24(21)25-16-18)20-5-3-4-6-22(20)32-2/h3-10,15-16H,11-14H2,1-2H3,(H,25,26,27). The van der Waals surface area contributed by atoms with Crippen LogP contribution in [0.15, 0.2) is 65.7 Å². The van der Waals surface area contributed by atoms with Crippen molar-refractivity contribution in [3.63, 3.8) is 0 Å². The molecule has 33 heavy (non-hydrogen) atoms. The molecular formula is C24H25N5O3S. The van der Waals surface area contributed by atoms with E-state index in [0.29, 0.717) is 23.6 Å². The Labute approximate surface area is 192 Å². The van der Waals surface area contributed by atoms with E-state index in [4.69, 9.17) is 4.74 Å². The van der Waals surface area contributed by atoms with Gasteiger partial charge in [-0.3, -0.25) is 5.10 Å². The van der Waals surface area contributed by atoms with Crippen LogP contribution in [0.1, 0.15) is 0 Å². The van der Waals surface area contributed by atoms with Crippen molar-refractivity contribution in [2.24, 2.45) is 0 Å². The highest BCUT2D eigenvalue weighted by molar-refractivity contribution is 7.89. The van der Waals surface area contributed by atoms with Crippen molar-refractivity contribution in [3.8, 4) is 28.1 Å². The highest BCUT2D eigenvalue weighted by Gasteiger charge is 2.27. The lowest BCUT2D eigenvalue weighted by molar-refractivity contribution is 0.222. The van der Waals surface area contributed by atoms with Gasteiger partial charge in [-0.2, -0.15) is 9.40 Å². The molecule has 0 spiro atoms.